The molecule has 0 radical (unpaired) electrons. The number of ether oxygens (including phenoxy) is 2. The van der Waals surface area contributed by atoms with Crippen molar-refractivity contribution in [3.05, 3.63) is 70.0 Å². The fourth-order valence-corrected chi connectivity index (χ4v) is 4.06. The zero-order chi connectivity index (χ0) is 23.9. The van der Waals surface area contributed by atoms with E-state index in [1.807, 2.05) is 6.07 Å². The summed E-state index contributed by atoms with van der Waals surface area (Å²) >= 11 is 0. The van der Waals surface area contributed by atoms with Crippen LogP contribution >= 0.6 is 0 Å². The van der Waals surface area contributed by atoms with Crippen LogP contribution in [0.25, 0.3) is 16.5 Å². The molecule has 34 heavy (non-hydrogen) atoms. The van der Waals surface area contributed by atoms with Gasteiger partial charge in [-0.2, -0.15) is 0 Å². The number of morpholine rings is 1. The summed E-state index contributed by atoms with van der Waals surface area (Å²) in [4.78, 5) is 32.1. The summed E-state index contributed by atoms with van der Waals surface area (Å²) in [6, 6.07) is 13.5. The van der Waals surface area contributed by atoms with E-state index in [1.165, 1.54) is 4.57 Å². The Hall–Kier alpha value is -3.49. The lowest BCUT2D eigenvalue weighted by atomic mass is 10.1. The van der Waals surface area contributed by atoms with E-state index in [1.54, 1.807) is 55.6 Å². The monoisotopic (exact) mass is 463 g/mol. The minimum atomic E-state index is -0.436. The fourth-order valence-electron chi connectivity index (χ4n) is 4.06. The third-order valence-electron chi connectivity index (χ3n) is 5.83. The van der Waals surface area contributed by atoms with Crippen LogP contribution in [0.15, 0.2) is 58.3 Å². The van der Waals surface area contributed by atoms with E-state index in [0.717, 1.165) is 39.3 Å². The second-order valence-corrected chi connectivity index (χ2v) is 8.03. The van der Waals surface area contributed by atoms with Crippen molar-refractivity contribution < 1.29 is 19.4 Å². The predicted molar refractivity (Wildman–Crippen MR) is 132 cm³/mol. The third-order valence-corrected chi connectivity index (χ3v) is 5.83. The van der Waals surface area contributed by atoms with Gasteiger partial charge in [-0.25, -0.2) is 9.36 Å². The Morgan fingerprint density at radius 2 is 1.82 bits per heavy atom. The zero-order valence-electron chi connectivity index (χ0n) is 19.3. The molecule has 1 fully saturated rings. The molecule has 0 spiro atoms. The van der Waals surface area contributed by atoms with E-state index in [4.69, 9.17) is 9.47 Å². The molecule has 3 aromatic rings. The van der Waals surface area contributed by atoms with E-state index in [-0.39, 0.29) is 18.0 Å². The number of aromatic nitrogens is 1. The third kappa shape index (κ3) is 5.18. The quantitative estimate of drug-likeness (QED) is 0.314. The van der Waals surface area contributed by atoms with Crippen molar-refractivity contribution in [1.29, 1.82) is 0 Å². The highest BCUT2D eigenvalue weighted by Crippen LogP contribution is 2.26. The first-order valence-electron chi connectivity index (χ1n) is 11.5. The summed E-state index contributed by atoms with van der Waals surface area (Å²) in [6.45, 7) is 6.99. The van der Waals surface area contributed by atoms with Gasteiger partial charge < -0.3 is 14.6 Å². The SMILES string of the molecule is CCOC(=O)c1ccc(-n2c(O)c(C=NCCCN3CCOCC3)c3ccccc3c2=O)cc1. The van der Waals surface area contributed by atoms with Crippen LogP contribution in [0.1, 0.15) is 29.3 Å². The van der Waals surface area contributed by atoms with Crippen LogP contribution < -0.4 is 5.56 Å². The Kier molecular flexibility index (Phi) is 7.72. The number of hydrogen-bond acceptors (Lipinski definition) is 7. The Morgan fingerprint density at radius 3 is 2.53 bits per heavy atom. The molecule has 178 valence electrons. The molecule has 0 aliphatic carbocycles. The molecule has 0 unspecified atom stereocenters. The molecule has 1 aliphatic heterocycles. The number of fused-ring (bicyclic) bond motifs is 1. The molecule has 1 aliphatic rings. The lowest BCUT2D eigenvalue weighted by Gasteiger charge is -2.26. The number of aliphatic imine (C=N–C) groups is 1. The van der Waals surface area contributed by atoms with Gasteiger partial charge in [-0.05, 0) is 43.7 Å². The van der Waals surface area contributed by atoms with Gasteiger partial charge in [-0.1, -0.05) is 18.2 Å². The van der Waals surface area contributed by atoms with Gasteiger partial charge in [0.05, 0.1) is 36.6 Å². The van der Waals surface area contributed by atoms with Crippen molar-refractivity contribution in [1.82, 2.24) is 9.47 Å². The van der Waals surface area contributed by atoms with Crippen molar-refractivity contribution in [2.75, 3.05) is 46.0 Å². The average Bonchev–Trinajstić information content (AvgIpc) is 2.87. The number of nitrogens with zero attached hydrogens (tertiary/aromatic N) is 3. The highest BCUT2D eigenvalue weighted by Gasteiger charge is 2.17. The number of pyridine rings is 1. The highest BCUT2D eigenvalue weighted by molar-refractivity contribution is 6.01. The van der Waals surface area contributed by atoms with Gasteiger partial charge in [-0.3, -0.25) is 14.7 Å². The number of aromatic hydroxyl groups is 1. The predicted octanol–water partition coefficient (Wildman–Crippen LogP) is 3.01. The maximum Gasteiger partial charge on any atom is 0.338 e. The average molecular weight is 464 g/mol. The number of carbonyl (C=O) groups is 1. The van der Waals surface area contributed by atoms with E-state index in [0.29, 0.717) is 34.1 Å². The highest BCUT2D eigenvalue weighted by atomic mass is 16.5. The van der Waals surface area contributed by atoms with Crippen LogP contribution in [-0.2, 0) is 9.47 Å². The van der Waals surface area contributed by atoms with Crippen LogP contribution in [0.3, 0.4) is 0 Å². The zero-order valence-corrected chi connectivity index (χ0v) is 19.3. The maximum atomic E-state index is 13.2. The number of esters is 1. The van der Waals surface area contributed by atoms with Crippen molar-refractivity contribution in [3.63, 3.8) is 0 Å². The lowest BCUT2D eigenvalue weighted by Crippen LogP contribution is -2.37. The molecule has 0 amide bonds. The molecule has 1 aromatic heterocycles. The van der Waals surface area contributed by atoms with Gasteiger partial charge in [-0.15, -0.1) is 0 Å². The molecular formula is C26H29N3O5. The summed E-state index contributed by atoms with van der Waals surface area (Å²) in [7, 11) is 0. The first-order valence-corrected chi connectivity index (χ1v) is 11.5. The first-order chi connectivity index (χ1) is 16.6. The standard InChI is InChI=1S/C26H29N3O5/c1-2-34-26(32)19-8-10-20(11-9-19)29-24(30)22-7-4-3-6-21(22)23(25(29)31)18-27-12-5-13-28-14-16-33-17-15-28/h3-4,6-11,18,31H,2,5,12-17H2,1H3. The number of benzene rings is 2. The van der Waals surface area contributed by atoms with Gasteiger partial charge in [0.25, 0.3) is 5.56 Å². The lowest BCUT2D eigenvalue weighted by molar-refractivity contribution is 0.0377. The van der Waals surface area contributed by atoms with E-state index in [9.17, 15) is 14.7 Å². The molecule has 2 aromatic carbocycles. The molecule has 0 saturated carbocycles. The molecule has 2 heterocycles. The van der Waals surface area contributed by atoms with Crippen molar-refractivity contribution in [3.8, 4) is 11.6 Å². The summed E-state index contributed by atoms with van der Waals surface area (Å²) in [5.41, 5.74) is 0.960. The van der Waals surface area contributed by atoms with Crippen LogP contribution in [0.4, 0.5) is 0 Å². The van der Waals surface area contributed by atoms with E-state index >= 15 is 0 Å². The second kappa shape index (κ2) is 11.1. The minimum Gasteiger partial charge on any atom is -0.494 e. The van der Waals surface area contributed by atoms with Crippen LogP contribution in [0.5, 0.6) is 5.88 Å². The molecule has 4 rings (SSSR count). The number of rotatable bonds is 8. The van der Waals surface area contributed by atoms with E-state index in [2.05, 4.69) is 9.89 Å². The van der Waals surface area contributed by atoms with E-state index < -0.39 is 5.97 Å². The smallest absolute Gasteiger partial charge is 0.338 e. The van der Waals surface area contributed by atoms with Gasteiger partial charge in [0.15, 0.2) is 0 Å². The summed E-state index contributed by atoms with van der Waals surface area (Å²) in [6.07, 6.45) is 2.53. The van der Waals surface area contributed by atoms with Crippen molar-refractivity contribution >= 4 is 23.0 Å². The van der Waals surface area contributed by atoms with Crippen LogP contribution in [0, 0.1) is 0 Å². The molecule has 0 atom stereocenters. The Morgan fingerprint density at radius 1 is 1.12 bits per heavy atom. The van der Waals surface area contributed by atoms with Crippen LogP contribution in [-0.4, -0.2) is 72.8 Å². The number of carbonyl (C=O) groups excluding carboxylic acids is 1. The molecular weight excluding hydrogens is 434 g/mol. The van der Waals surface area contributed by atoms with Gasteiger partial charge >= 0.3 is 5.97 Å². The van der Waals surface area contributed by atoms with Crippen molar-refractivity contribution in [2.45, 2.75) is 13.3 Å². The minimum absolute atomic E-state index is 0.190. The molecule has 1 N–H and O–H groups in total. The first kappa shape index (κ1) is 23.7. The fraction of sp³-hybridized carbons (Fsp3) is 0.346. The second-order valence-electron chi connectivity index (χ2n) is 8.03. The Labute approximate surface area is 198 Å². The number of hydrogen-bond donors (Lipinski definition) is 1. The topological polar surface area (TPSA) is 93.4 Å². The Balaban J connectivity index is 1.62. The molecule has 8 nitrogen and oxygen atoms in total. The molecule has 1 saturated heterocycles. The maximum absolute atomic E-state index is 13.2. The van der Waals surface area contributed by atoms with Crippen molar-refractivity contribution in [2.24, 2.45) is 4.99 Å². The van der Waals surface area contributed by atoms with Gasteiger partial charge in [0.1, 0.15) is 0 Å². The Bertz CT molecular complexity index is 1230. The summed E-state index contributed by atoms with van der Waals surface area (Å²) in [5, 5.41) is 12.2. The van der Waals surface area contributed by atoms with Crippen LogP contribution in [0.2, 0.25) is 0 Å². The summed E-state index contributed by atoms with van der Waals surface area (Å²) < 4.78 is 11.6. The normalized spacial score (nSPS) is 14.6. The van der Waals surface area contributed by atoms with Gasteiger partial charge in [0, 0.05) is 43.2 Å². The van der Waals surface area contributed by atoms with Gasteiger partial charge in [0.2, 0.25) is 5.88 Å². The largest absolute Gasteiger partial charge is 0.494 e. The molecule has 0 bridgehead atoms. The molecule has 8 heteroatoms. The summed E-state index contributed by atoms with van der Waals surface area (Å²) in [5.74, 6) is -0.626.